The van der Waals surface area contributed by atoms with Crippen molar-refractivity contribution < 1.29 is 29.7 Å². The van der Waals surface area contributed by atoms with Crippen LogP contribution in [0.5, 0.6) is 0 Å². The van der Waals surface area contributed by atoms with Crippen LogP contribution in [0.1, 0.15) is 142 Å². The summed E-state index contributed by atoms with van der Waals surface area (Å²) in [6.07, 6.45) is 40.9. The topological polar surface area (TPSA) is 8.81 Å². The SMILES string of the molecule is CCCCCCCCCCCCCCCCCCCCCCC=Cn1cc[n+](C)c1.F[P-](F)(F)(F)(F)F. The summed E-state index contributed by atoms with van der Waals surface area (Å²) in [5, 5.41) is 0. The molecule has 1 rings (SSSR count). The van der Waals surface area contributed by atoms with E-state index in [1.807, 2.05) is 0 Å². The Morgan fingerprint density at radius 1 is 0.595 bits per heavy atom. The van der Waals surface area contributed by atoms with Crippen molar-refractivity contribution in [2.45, 2.75) is 142 Å². The van der Waals surface area contributed by atoms with Crippen LogP contribution in [0.3, 0.4) is 0 Å². The predicted molar refractivity (Wildman–Crippen MR) is 147 cm³/mol. The van der Waals surface area contributed by atoms with Crippen LogP contribution < -0.4 is 4.57 Å². The summed E-state index contributed by atoms with van der Waals surface area (Å²) < 4.78 is 63.4. The van der Waals surface area contributed by atoms with Crippen LogP contribution >= 0.6 is 7.81 Å². The van der Waals surface area contributed by atoms with E-state index in [0.717, 1.165) is 0 Å². The minimum absolute atomic E-state index is 1.21. The molecule has 1 heterocycles. The first-order valence-corrected chi connectivity index (χ1v) is 16.6. The van der Waals surface area contributed by atoms with E-state index in [4.69, 9.17) is 0 Å². The van der Waals surface area contributed by atoms with Crippen LogP contribution in [-0.4, -0.2) is 4.57 Å². The van der Waals surface area contributed by atoms with Gasteiger partial charge in [0, 0.05) is 0 Å². The van der Waals surface area contributed by atoms with Gasteiger partial charge in [0.15, 0.2) is 0 Å². The molecule has 2 nitrogen and oxygen atoms in total. The van der Waals surface area contributed by atoms with Crippen LogP contribution in [0.2, 0.25) is 0 Å². The molecule has 0 fully saturated rings. The van der Waals surface area contributed by atoms with Gasteiger partial charge in [-0.15, -0.1) is 0 Å². The van der Waals surface area contributed by atoms with Crippen molar-refractivity contribution in [3.05, 3.63) is 24.8 Å². The number of nitrogens with zero attached hydrogens (tertiary/aromatic N) is 2. The van der Waals surface area contributed by atoms with Crippen molar-refractivity contribution in [1.29, 1.82) is 0 Å². The third kappa shape index (κ3) is 37.2. The molecule has 222 valence electrons. The second kappa shape index (κ2) is 19.1. The Balaban J connectivity index is 0.00000161. The van der Waals surface area contributed by atoms with E-state index in [0.29, 0.717) is 0 Å². The summed E-state index contributed by atoms with van der Waals surface area (Å²) in [4.78, 5) is 0. The molecule has 1 aromatic rings. The molecular formula is C28H53F6N2P. The number of aryl methyl sites for hydroxylation is 1. The summed E-state index contributed by atoms with van der Waals surface area (Å²) in [6, 6.07) is 0. The van der Waals surface area contributed by atoms with Gasteiger partial charge in [-0.25, -0.2) is 9.13 Å². The number of aromatic nitrogens is 2. The Kier molecular flexibility index (Phi) is 18.6. The molecule has 0 bridgehead atoms. The fourth-order valence-corrected chi connectivity index (χ4v) is 4.27. The molecule has 0 saturated heterocycles. The van der Waals surface area contributed by atoms with Gasteiger partial charge in [0.05, 0.1) is 13.2 Å². The number of allylic oxidation sites excluding steroid dienone is 1. The summed E-state index contributed by atoms with van der Waals surface area (Å²) >= 11 is 0. The molecule has 0 spiro atoms. The van der Waals surface area contributed by atoms with Gasteiger partial charge in [-0.2, -0.15) is 0 Å². The Morgan fingerprint density at radius 2 is 0.919 bits per heavy atom. The summed E-state index contributed by atoms with van der Waals surface area (Å²) in [5.74, 6) is 0. The molecule has 0 saturated carbocycles. The van der Waals surface area contributed by atoms with Gasteiger partial charge in [0.1, 0.15) is 12.4 Å². The molecule has 37 heavy (non-hydrogen) atoms. The molecule has 0 radical (unpaired) electrons. The zero-order valence-electron chi connectivity index (χ0n) is 23.3. The van der Waals surface area contributed by atoms with E-state index in [1.165, 1.54) is 135 Å². The quantitative estimate of drug-likeness (QED) is 0.0575. The first-order chi connectivity index (χ1) is 17.3. The van der Waals surface area contributed by atoms with E-state index in [1.54, 1.807) is 0 Å². The summed E-state index contributed by atoms with van der Waals surface area (Å²) in [6.45, 7) is 2.30. The van der Waals surface area contributed by atoms with Gasteiger partial charge in [-0.05, 0) is 18.9 Å². The van der Waals surface area contributed by atoms with Crippen LogP contribution in [0.25, 0.3) is 6.20 Å². The monoisotopic (exact) mass is 562 g/mol. The van der Waals surface area contributed by atoms with Crippen LogP contribution in [0.15, 0.2) is 24.8 Å². The number of rotatable bonds is 22. The van der Waals surface area contributed by atoms with E-state index in [9.17, 15) is 25.2 Å². The van der Waals surface area contributed by atoms with Crippen molar-refractivity contribution in [3.8, 4) is 0 Å². The second-order valence-corrected chi connectivity index (χ2v) is 12.3. The molecule has 1 aromatic heterocycles. The summed E-state index contributed by atoms with van der Waals surface area (Å²) in [5.41, 5.74) is 0. The normalized spacial score (nSPS) is 13.8. The molecular weight excluding hydrogens is 509 g/mol. The third-order valence-corrected chi connectivity index (χ3v) is 6.29. The zero-order chi connectivity index (χ0) is 27.9. The molecule has 0 aliphatic rings. The number of hydrogen-bond donors (Lipinski definition) is 0. The molecule has 9 heteroatoms. The Bertz CT molecular complexity index is 675. The number of unbranched alkanes of at least 4 members (excludes halogenated alkanes) is 20. The van der Waals surface area contributed by atoms with Crippen LogP contribution in [-0.2, 0) is 7.05 Å². The first kappa shape index (κ1) is 36.0. The van der Waals surface area contributed by atoms with Gasteiger partial charge in [-0.1, -0.05) is 129 Å². The molecule has 0 N–H and O–H groups in total. The zero-order valence-corrected chi connectivity index (χ0v) is 24.2. The molecule has 0 aliphatic heterocycles. The first-order valence-electron chi connectivity index (χ1n) is 14.5. The molecule has 0 unspecified atom stereocenters. The van der Waals surface area contributed by atoms with Gasteiger partial charge in [-0.3, -0.25) is 0 Å². The third-order valence-electron chi connectivity index (χ3n) is 6.29. The fourth-order valence-electron chi connectivity index (χ4n) is 4.27. The van der Waals surface area contributed by atoms with Crippen LogP contribution in [0, 0.1) is 0 Å². The van der Waals surface area contributed by atoms with E-state index >= 15 is 0 Å². The maximum absolute atomic E-state index is 10.7. The van der Waals surface area contributed by atoms with Gasteiger partial charge >= 0.3 is 33.0 Å². The maximum atomic E-state index is 9.87. The van der Waals surface area contributed by atoms with Crippen molar-refractivity contribution in [2.24, 2.45) is 7.05 Å². The number of hydrogen-bond acceptors (Lipinski definition) is 0. The van der Waals surface area contributed by atoms with E-state index in [2.05, 4.69) is 54.1 Å². The van der Waals surface area contributed by atoms with Gasteiger partial charge in [0.25, 0.3) is 0 Å². The van der Waals surface area contributed by atoms with Crippen molar-refractivity contribution >= 4 is 14.0 Å². The Morgan fingerprint density at radius 3 is 1.22 bits per heavy atom. The van der Waals surface area contributed by atoms with Crippen molar-refractivity contribution in [2.75, 3.05) is 0 Å². The number of halogens is 6. The van der Waals surface area contributed by atoms with Crippen LogP contribution in [0.4, 0.5) is 25.2 Å². The molecule has 0 atom stereocenters. The van der Waals surface area contributed by atoms with Crippen molar-refractivity contribution in [3.63, 3.8) is 0 Å². The van der Waals surface area contributed by atoms with Gasteiger partial charge in [0.2, 0.25) is 6.33 Å². The Labute approximate surface area is 222 Å². The second-order valence-electron chi connectivity index (χ2n) is 10.4. The van der Waals surface area contributed by atoms with E-state index in [-0.39, 0.29) is 0 Å². The van der Waals surface area contributed by atoms with Gasteiger partial charge < -0.3 is 0 Å². The number of imidazole rings is 1. The molecule has 0 aromatic carbocycles. The summed E-state index contributed by atoms with van der Waals surface area (Å²) in [7, 11) is -8.60. The van der Waals surface area contributed by atoms with E-state index < -0.39 is 7.81 Å². The average Bonchev–Trinajstić information content (AvgIpc) is 3.20. The Hall–Kier alpha value is -1.04. The molecule has 0 amide bonds. The average molecular weight is 563 g/mol. The predicted octanol–water partition coefficient (Wildman–Crippen LogP) is 12.4. The fraction of sp³-hybridized carbons (Fsp3) is 0.821. The molecule has 0 aliphatic carbocycles. The standard InChI is InChI=1S/C28H53N2.F6P/c1-3-4-5-6-7-8-9-10-11-12-13-14-15-16-17-18-19-20-21-22-23-24-25-30-27-26-29(2)28-30;1-7(2,3,4,5)6/h24-28H,3-23H2,1-2H3;/q+1;-1. The van der Waals surface area contributed by atoms with Crippen molar-refractivity contribution in [1.82, 2.24) is 4.57 Å². The minimum atomic E-state index is -10.7.